The SMILES string of the molecule is Cc1cn(C)c2cnc(C(N)=O)c-2c1Cl. The average molecular weight is 224 g/mol. The molecule has 0 saturated heterocycles. The molecule has 2 heterocycles. The van der Waals surface area contributed by atoms with Gasteiger partial charge in [0.2, 0.25) is 0 Å². The molecular formula is C10H10ClN3O. The molecule has 1 amide bonds. The van der Waals surface area contributed by atoms with Gasteiger partial charge in [0.1, 0.15) is 5.69 Å². The van der Waals surface area contributed by atoms with Crippen molar-refractivity contribution in [2.75, 3.05) is 0 Å². The lowest BCUT2D eigenvalue weighted by molar-refractivity contribution is 0.0997. The smallest absolute Gasteiger partial charge is 0.268 e. The number of aryl methyl sites for hydroxylation is 2. The van der Waals surface area contributed by atoms with E-state index in [2.05, 4.69) is 4.98 Å². The van der Waals surface area contributed by atoms with Crippen molar-refractivity contribution in [2.24, 2.45) is 12.8 Å². The van der Waals surface area contributed by atoms with E-state index in [-0.39, 0.29) is 5.69 Å². The molecule has 5 heteroatoms. The van der Waals surface area contributed by atoms with Gasteiger partial charge in [0.15, 0.2) is 0 Å². The number of primary amides is 1. The molecule has 2 aliphatic rings. The van der Waals surface area contributed by atoms with Crippen LogP contribution in [0.1, 0.15) is 16.1 Å². The van der Waals surface area contributed by atoms with Crippen LogP contribution in [0, 0.1) is 6.92 Å². The second-order valence-electron chi connectivity index (χ2n) is 3.47. The predicted molar refractivity (Wildman–Crippen MR) is 58.1 cm³/mol. The van der Waals surface area contributed by atoms with E-state index in [4.69, 9.17) is 17.3 Å². The van der Waals surface area contributed by atoms with Gasteiger partial charge in [0.25, 0.3) is 5.91 Å². The summed E-state index contributed by atoms with van der Waals surface area (Å²) in [5.41, 5.74) is 7.78. The molecule has 0 saturated carbocycles. The van der Waals surface area contributed by atoms with Gasteiger partial charge < -0.3 is 10.3 Å². The molecule has 4 nitrogen and oxygen atoms in total. The Morgan fingerprint density at radius 1 is 1.60 bits per heavy atom. The highest BCUT2D eigenvalue weighted by molar-refractivity contribution is 6.34. The molecule has 0 aromatic heterocycles. The van der Waals surface area contributed by atoms with Crippen LogP contribution in [0.2, 0.25) is 5.02 Å². The Bertz CT molecular complexity index is 518. The van der Waals surface area contributed by atoms with E-state index in [1.807, 2.05) is 24.7 Å². The normalized spacial score (nSPS) is 10.9. The third-order valence-corrected chi connectivity index (χ3v) is 2.86. The molecule has 0 aromatic rings. The van der Waals surface area contributed by atoms with Gasteiger partial charge in [-0.1, -0.05) is 11.6 Å². The molecule has 2 N–H and O–H groups in total. The summed E-state index contributed by atoms with van der Waals surface area (Å²) >= 11 is 6.13. The first-order valence-corrected chi connectivity index (χ1v) is 4.80. The van der Waals surface area contributed by atoms with Gasteiger partial charge in [-0.2, -0.15) is 0 Å². The summed E-state index contributed by atoms with van der Waals surface area (Å²) in [6.45, 7) is 1.87. The number of fused-ring (bicyclic) bond motifs is 1. The summed E-state index contributed by atoms with van der Waals surface area (Å²) in [4.78, 5) is 15.1. The molecule has 0 aliphatic carbocycles. The molecule has 0 atom stereocenters. The van der Waals surface area contributed by atoms with Crippen molar-refractivity contribution < 1.29 is 4.79 Å². The fraction of sp³-hybridized carbons (Fsp3) is 0.200. The van der Waals surface area contributed by atoms with Crippen molar-refractivity contribution in [2.45, 2.75) is 6.92 Å². The van der Waals surface area contributed by atoms with Crippen LogP contribution in [0.25, 0.3) is 11.3 Å². The Morgan fingerprint density at radius 3 is 2.87 bits per heavy atom. The first-order chi connectivity index (χ1) is 7.02. The van der Waals surface area contributed by atoms with Crippen molar-refractivity contribution in [1.82, 2.24) is 9.55 Å². The van der Waals surface area contributed by atoms with E-state index in [1.54, 1.807) is 6.20 Å². The zero-order valence-corrected chi connectivity index (χ0v) is 9.17. The Labute approximate surface area is 92.0 Å². The lowest BCUT2D eigenvalue weighted by Gasteiger charge is -2.11. The van der Waals surface area contributed by atoms with Gasteiger partial charge in [-0.05, 0) is 12.5 Å². The summed E-state index contributed by atoms with van der Waals surface area (Å²) in [7, 11) is 1.87. The maximum Gasteiger partial charge on any atom is 0.268 e. The fourth-order valence-corrected chi connectivity index (χ4v) is 1.90. The minimum absolute atomic E-state index is 0.231. The number of carbonyl (C=O) groups excluding carboxylic acids is 1. The van der Waals surface area contributed by atoms with E-state index >= 15 is 0 Å². The van der Waals surface area contributed by atoms with Gasteiger partial charge in [0, 0.05) is 13.2 Å². The number of carbonyl (C=O) groups is 1. The van der Waals surface area contributed by atoms with Crippen LogP contribution in [-0.4, -0.2) is 15.5 Å². The minimum atomic E-state index is -0.558. The zero-order chi connectivity index (χ0) is 11.2. The average Bonchev–Trinajstić information content (AvgIpc) is 2.58. The topological polar surface area (TPSA) is 60.9 Å². The monoisotopic (exact) mass is 223 g/mol. The molecule has 0 spiro atoms. The van der Waals surface area contributed by atoms with E-state index in [0.29, 0.717) is 10.6 Å². The van der Waals surface area contributed by atoms with E-state index in [9.17, 15) is 4.79 Å². The van der Waals surface area contributed by atoms with Crippen molar-refractivity contribution in [3.63, 3.8) is 0 Å². The molecule has 2 rings (SSSR count). The maximum absolute atomic E-state index is 11.1. The predicted octanol–water partition coefficient (Wildman–Crippen LogP) is 1.59. The number of nitrogens with zero attached hydrogens (tertiary/aromatic N) is 2. The van der Waals surface area contributed by atoms with Crippen LogP contribution in [-0.2, 0) is 7.05 Å². The quantitative estimate of drug-likeness (QED) is 0.798. The van der Waals surface area contributed by atoms with Crippen LogP contribution in [0.5, 0.6) is 0 Å². The van der Waals surface area contributed by atoms with Gasteiger partial charge in [-0.25, -0.2) is 4.98 Å². The van der Waals surface area contributed by atoms with Gasteiger partial charge in [-0.3, -0.25) is 4.79 Å². The fourth-order valence-electron chi connectivity index (χ4n) is 1.66. The molecular weight excluding hydrogens is 214 g/mol. The second-order valence-corrected chi connectivity index (χ2v) is 3.85. The standard InChI is InChI=1S/C10H10ClN3O/c1-5-4-14(2)6-3-13-9(10(12)15)7(6)8(5)11/h3-4H,1-2H3,(H2,12,15). The lowest BCUT2D eigenvalue weighted by atomic mass is 10.1. The highest BCUT2D eigenvalue weighted by Crippen LogP contribution is 2.34. The number of hydrogen-bond acceptors (Lipinski definition) is 2. The van der Waals surface area contributed by atoms with E-state index in [1.165, 1.54) is 0 Å². The maximum atomic E-state index is 11.1. The summed E-state index contributed by atoms with van der Waals surface area (Å²) in [6, 6.07) is 0. The molecule has 15 heavy (non-hydrogen) atoms. The largest absolute Gasteiger partial charge is 0.364 e. The molecule has 0 aromatic carbocycles. The molecule has 2 aliphatic heterocycles. The first kappa shape index (κ1) is 9.98. The molecule has 0 radical (unpaired) electrons. The van der Waals surface area contributed by atoms with Crippen LogP contribution in [0.3, 0.4) is 0 Å². The van der Waals surface area contributed by atoms with Gasteiger partial charge >= 0.3 is 0 Å². The Hall–Kier alpha value is -1.55. The Balaban J connectivity index is 2.85. The number of amides is 1. The van der Waals surface area contributed by atoms with E-state index in [0.717, 1.165) is 11.3 Å². The molecule has 0 bridgehead atoms. The number of rotatable bonds is 1. The Kier molecular flexibility index (Phi) is 2.16. The molecule has 0 unspecified atom stereocenters. The number of halogens is 1. The van der Waals surface area contributed by atoms with Crippen LogP contribution in [0.4, 0.5) is 0 Å². The lowest BCUT2D eigenvalue weighted by Crippen LogP contribution is -2.13. The highest BCUT2D eigenvalue weighted by atomic mass is 35.5. The summed E-state index contributed by atoms with van der Waals surface area (Å²) in [5, 5.41) is 0.536. The van der Waals surface area contributed by atoms with Crippen molar-refractivity contribution >= 4 is 17.5 Å². The molecule has 78 valence electrons. The minimum Gasteiger partial charge on any atom is -0.364 e. The third kappa shape index (κ3) is 1.37. The van der Waals surface area contributed by atoms with Crippen LogP contribution >= 0.6 is 11.6 Å². The highest BCUT2D eigenvalue weighted by Gasteiger charge is 2.21. The first-order valence-electron chi connectivity index (χ1n) is 4.42. The Morgan fingerprint density at radius 2 is 2.27 bits per heavy atom. The van der Waals surface area contributed by atoms with Crippen LogP contribution in [0.15, 0.2) is 12.4 Å². The van der Waals surface area contributed by atoms with Gasteiger partial charge in [-0.15, -0.1) is 0 Å². The number of aromatic nitrogens is 2. The van der Waals surface area contributed by atoms with Crippen LogP contribution < -0.4 is 5.73 Å². The number of hydrogen-bond donors (Lipinski definition) is 1. The second kappa shape index (κ2) is 3.24. The number of pyridine rings is 1. The van der Waals surface area contributed by atoms with Crippen molar-refractivity contribution in [3.05, 3.63) is 28.7 Å². The summed E-state index contributed by atoms with van der Waals surface area (Å²) in [6.07, 6.45) is 3.48. The number of nitrogens with two attached hydrogens (primary N) is 1. The van der Waals surface area contributed by atoms with Crippen molar-refractivity contribution in [3.8, 4) is 11.3 Å². The van der Waals surface area contributed by atoms with Crippen molar-refractivity contribution in [1.29, 1.82) is 0 Å². The molecule has 0 fully saturated rings. The summed E-state index contributed by atoms with van der Waals surface area (Å²) in [5.74, 6) is -0.558. The zero-order valence-electron chi connectivity index (χ0n) is 8.41. The van der Waals surface area contributed by atoms with E-state index < -0.39 is 5.91 Å². The van der Waals surface area contributed by atoms with Gasteiger partial charge in [0.05, 0.1) is 22.5 Å². The summed E-state index contributed by atoms with van der Waals surface area (Å²) < 4.78 is 1.87. The third-order valence-electron chi connectivity index (χ3n) is 2.38.